The molecule has 1 atom stereocenters. The van der Waals surface area contributed by atoms with Crippen LogP contribution in [0, 0.1) is 11.3 Å². The fourth-order valence-corrected chi connectivity index (χ4v) is 0.912. The summed E-state index contributed by atoms with van der Waals surface area (Å²) < 4.78 is 5.36. The van der Waals surface area contributed by atoms with Crippen molar-refractivity contribution in [3.8, 4) is 6.07 Å². The highest BCUT2D eigenvalue weighted by molar-refractivity contribution is 4.88. The quantitative estimate of drug-likeness (QED) is 0.642. The summed E-state index contributed by atoms with van der Waals surface area (Å²) >= 11 is 0. The highest BCUT2D eigenvalue weighted by Gasteiger charge is 2.04. The van der Waals surface area contributed by atoms with Crippen molar-refractivity contribution in [2.24, 2.45) is 5.73 Å². The molecule has 0 fully saturated rings. The van der Waals surface area contributed by atoms with Crippen molar-refractivity contribution in [3.63, 3.8) is 0 Å². The van der Waals surface area contributed by atoms with Gasteiger partial charge in [-0.05, 0) is 20.9 Å². The normalized spacial score (nSPS) is 13.3. The number of likely N-dealkylation sites (N-methyl/N-ethyl adjacent to an activating group) is 1. The van der Waals surface area contributed by atoms with E-state index >= 15 is 0 Å². The maximum Gasteiger partial charge on any atom is 0.106 e. The summed E-state index contributed by atoms with van der Waals surface area (Å²) in [5.74, 6) is 0. The number of ether oxygens (including phenoxy) is 1. The summed E-state index contributed by atoms with van der Waals surface area (Å²) in [6, 6.07) is 1.59. The van der Waals surface area contributed by atoms with Crippen molar-refractivity contribution >= 4 is 0 Å². The van der Waals surface area contributed by atoms with Gasteiger partial charge in [-0.25, -0.2) is 0 Å². The van der Waals surface area contributed by atoms with Crippen LogP contribution in [-0.2, 0) is 4.74 Å². The fourth-order valence-electron chi connectivity index (χ4n) is 0.912. The third kappa shape index (κ3) is 7.72. The predicted octanol–water partition coefficient (Wildman–Crippen LogP) is 0.194. The summed E-state index contributed by atoms with van der Waals surface area (Å²) in [5.41, 5.74) is 5.46. The van der Waals surface area contributed by atoms with E-state index in [1.54, 1.807) is 0 Å². The van der Waals surface area contributed by atoms with Crippen LogP contribution in [0.1, 0.15) is 13.8 Å². The first-order valence-electron chi connectivity index (χ1n) is 4.51. The highest BCUT2D eigenvalue weighted by atomic mass is 16.5. The molecule has 0 aliphatic carbocycles. The highest BCUT2D eigenvalue weighted by Crippen LogP contribution is 1.90. The minimum absolute atomic E-state index is 0.262. The van der Waals surface area contributed by atoms with E-state index < -0.39 is 6.04 Å². The Bertz CT molecular complexity index is 165. The molecule has 0 saturated heterocycles. The number of hydrogen-bond acceptors (Lipinski definition) is 4. The van der Waals surface area contributed by atoms with Gasteiger partial charge in [-0.3, -0.25) is 0 Å². The average molecular weight is 185 g/mol. The Kier molecular flexibility index (Phi) is 6.51. The number of nitrogens with zero attached hydrogens (tertiary/aromatic N) is 2. The average Bonchev–Trinajstić information content (AvgIpc) is 2.03. The predicted molar refractivity (Wildman–Crippen MR) is 52.2 cm³/mol. The molecule has 0 amide bonds. The molecule has 0 spiro atoms. The van der Waals surface area contributed by atoms with E-state index in [0.29, 0.717) is 13.2 Å². The van der Waals surface area contributed by atoms with E-state index in [1.165, 1.54) is 0 Å². The lowest BCUT2D eigenvalue weighted by atomic mass is 10.3. The molecule has 0 aromatic rings. The minimum atomic E-state index is -0.399. The van der Waals surface area contributed by atoms with E-state index in [-0.39, 0.29) is 6.10 Å². The van der Waals surface area contributed by atoms with Crippen molar-refractivity contribution in [3.05, 3.63) is 0 Å². The molecule has 4 heteroatoms. The van der Waals surface area contributed by atoms with Gasteiger partial charge in [0.25, 0.3) is 0 Å². The molecule has 0 bridgehead atoms. The Hall–Kier alpha value is -0.630. The van der Waals surface area contributed by atoms with E-state index in [1.807, 2.05) is 31.9 Å². The first kappa shape index (κ1) is 12.4. The van der Waals surface area contributed by atoms with Crippen LogP contribution in [0.5, 0.6) is 0 Å². The zero-order valence-electron chi connectivity index (χ0n) is 8.66. The van der Waals surface area contributed by atoms with Crippen LogP contribution in [0.25, 0.3) is 0 Å². The standard InChI is InChI=1S/C9H19N3O/c1-8(2)13-5-4-12(3)7-9(11)6-10/h8-9H,4-5,7,11H2,1-3H3. The maximum atomic E-state index is 8.46. The zero-order valence-corrected chi connectivity index (χ0v) is 8.66. The number of nitrogens with two attached hydrogens (primary N) is 1. The molecule has 0 aliphatic rings. The second-order valence-electron chi connectivity index (χ2n) is 3.42. The lowest BCUT2D eigenvalue weighted by molar-refractivity contribution is 0.0637. The molecule has 1 unspecified atom stereocenters. The van der Waals surface area contributed by atoms with Crippen molar-refractivity contribution in [2.45, 2.75) is 26.0 Å². The number of hydrogen-bond donors (Lipinski definition) is 1. The zero-order chi connectivity index (χ0) is 10.3. The summed E-state index contributed by atoms with van der Waals surface area (Å²) in [6.07, 6.45) is 0.262. The molecule has 0 aromatic carbocycles. The molecule has 2 N–H and O–H groups in total. The molecule has 4 nitrogen and oxygen atoms in total. The molecule has 0 saturated carbocycles. The summed E-state index contributed by atoms with van der Waals surface area (Å²) in [7, 11) is 1.93. The van der Waals surface area contributed by atoms with Crippen molar-refractivity contribution in [2.75, 3.05) is 26.7 Å². The van der Waals surface area contributed by atoms with E-state index in [4.69, 9.17) is 15.7 Å². The van der Waals surface area contributed by atoms with Gasteiger partial charge in [0, 0.05) is 13.1 Å². The third-order valence-corrected chi connectivity index (χ3v) is 1.60. The van der Waals surface area contributed by atoms with Gasteiger partial charge < -0.3 is 15.4 Å². The first-order chi connectivity index (χ1) is 6.06. The topological polar surface area (TPSA) is 62.3 Å². The van der Waals surface area contributed by atoms with Crippen LogP contribution in [-0.4, -0.2) is 43.8 Å². The Balaban J connectivity index is 3.41. The van der Waals surface area contributed by atoms with Crippen molar-refractivity contribution in [1.82, 2.24) is 4.90 Å². The lowest BCUT2D eigenvalue weighted by Gasteiger charge is -2.18. The summed E-state index contributed by atoms with van der Waals surface area (Å²) in [4.78, 5) is 2.00. The van der Waals surface area contributed by atoms with E-state index in [0.717, 1.165) is 6.54 Å². The molecule has 0 heterocycles. The maximum absolute atomic E-state index is 8.46. The van der Waals surface area contributed by atoms with Gasteiger partial charge in [-0.15, -0.1) is 0 Å². The van der Waals surface area contributed by atoms with Crippen LogP contribution in [0.3, 0.4) is 0 Å². The molecule has 0 aromatic heterocycles. The van der Waals surface area contributed by atoms with Crippen LogP contribution in [0.4, 0.5) is 0 Å². The Morgan fingerprint density at radius 1 is 1.54 bits per heavy atom. The van der Waals surface area contributed by atoms with Gasteiger partial charge in [-0.2, -0.15) is 5.26 Å². The van der Waals surface area contributed by atoms with E-state index in [2.05, 4.69) is 0 Å². The smallest absolute Gasteiger partial charge is 0.106 e. The van der Waals surface area contributed by atoms with Crippen LogP contribution < -0.4 is 5.73 Å². The van der Waals surface area contributed by atoms with Gasteiger partial charge >= 0.3 is 0 Å². The minimum Gasteiger partial charge on any atom is -0.377 e. The van der Waals surface area contributed by atoms with Gasteiger partial charge in [-0.1, -0.05) is 0 Å². The Labute approximate surface area is 80.3 Å². The fraction of sp³-hybridized carbons (Fsp3) is 0.889. The largest absolute Gasteiger partial charge is 0.377 e. The molecule has 0 radical (unpaired) electrons. The van der Waals surface area contributed by atoms with Crippen LogP contribution in [0.15, 0.2) is 0 Å². The first-order valence-corrected chi connectivity index (χ1v) is 4.51. The summed E-state index contributed by atoms with van der Waals surface area (Å²) in [6.45, 7) is 6.10. The molecular formula is C9H19N3O. The molecule has 0 aliphatic heterocycles. The molecule has 76 valence electrons. The second-order valence-corrected chi connectivity index (χ2v) is 3.42. The number of rotatable bonds is 6. The van der Waals surface area contributed by atoms with Gasteiger partial charge in [0.1, 0.15) is 6.04 Å². The molecule has 13 heavy (non-hydrogen) atoms. The van der Waals surface area contributed by atoms with Crippen LogP contribution >= 0.6 is 0 Å². The molecule has 0 rings (SSSR count). The second kappa shape index (κ2) is 6.84. The van der Waals surface area contributed by atoms with E-state index in [9.17, 15) is 0 Å². The Morgan fingerprint density at radius 3 is 2.62 bits per heavy atom. The van der Waals surface area contributed by atoms with Gasteiger partial charge in [0.15, 0.2) is 0 Å². The Morgan fingerprint density at radius 2 is 2.15 bits per heavy atom. The van der Waals surface area contributed by atoms with Crippen molar-refractivity contribution < 1.29 is 4.74 Å². The monoisotopic (exact) mass is 185 g/mol. The van der Waals surface area contributed by atoms with Crippen molar-refractivity contribution in [1.29, 1.82) is 5.26 Å². The number of nitriles is 1. The van der Waals surface area contributed by atoms with Gasteiger partial charge in [0.05, 0.1) is 18.8 Å². The summed E-state index contributed by atoms with van der Waals surface area (Å²) in [5, 5.41) is 8.46. The lowest BCUT2D eigenvalue weighted by Crippen LogP contribution is -2.36. The third-order valence-electron chi connectivity index (χ3n) is 1.60. The van der Waals surface area contributed by atoms with Crippen LogP contribution in [0.2, 0.25) is 0 Å². The SMILES string of the molecule is CC(C)OCCN(C)CC(N)C#N. The molecular weight excluding hydrogens is 166 g/mol. The van der Waals surface area contributed by atoms with Gasteiger partial charge in [0.2, 0.25) is 0 Å².